The first-order valence-electron chi connectivity index (χ1n) is 4.65. The molecule has 0 unspecified atom stereocenters. The highest BCUT2D eigenvalue weighted by Gasteiger charge is 2.10. The van der Waals surface area contributed by atoms with Gasteiger partial charge in [0.05, 0.1) is 17.1 Å². The fraction of sp³-hybridized carbons (Fsp3) is 0.200. The molecule has 2 aromatic rings. The fourth-order valence-electron chi connectivity index (χ4n) is 1.42. The Bertz CT molecular complexity index is 538. The molecular weight excluding hydrogens is 230 g/mol. The average Bonchev–Trinajstić information content (AvgIpc) is 2.61. The molecule has 1 amide bonds. The minimum Gasteiger partial charge on any atom is -0.465 e. The summed E-state index contributed by atoms with van der Waals surface area (Å²) in [5, 5.41) is 9.28. The minimum atomic E-state index is -0.994. The standard InChI is InChI=1S/C10H10ClN3O2/c1-14(10(15)16)5-8-12-7-4-2-3-6(11)9(7)13-8/h2-4H,5H2,1H3,(H,12,13)(H,15,16). The van der Waals surface area contributed by atoms with E-state index in [1.54, 1.807) is 6.07 Å². The number of carboxylic acid groups (broad SMARTS) is 1. The number of imidazole rings is 1. The van der Waals surface area contributed by atoms with Crippen molar-refractivity contribution in [2.24, 2.45) is 0 Å². The second-order valence-electron chi connectivity index (χ2n) is 3.46. The molecule has 0 saturated heterocycles. The monoisotopic (exact) mass is 239 g/mol. The number of H-pyrrole nitrogens is 1. The summed E-state index contributed by atoms with van der Waals surface area (Å²) in [7, 11) is 1.48. The van der Waals surface area contributed by atoms with Crippen LogP contribution in [0, 0.1) is 0 Å². The molecule has 0 bridgehead atoms. The largest absolute Gasteiger partial charge is 0.465 e. The van der Waals surface area contributed by atoms with E-state index >= 15 is 0 Å². The van der Waals surface area contributed by atoms with Crippen molar-refractivity contribution in [2.45, 2.75) is 6.54 Å². The molecule has 0 aliphatic rings. The van der Waals surface area contributed by atoms with Crippen LogP contribution in [-0.4, -0.2) is 33.1 Å². The zero-order valence-electron chi connectivity index (χ0n) is 8.57. The molecule has 6 heteroatoms. The van der Waals surface area contributed by atoms with Crippen molar-refractivity contribution >= 4 is 28.7 Å². The molecule has 0 aliphatic heterocycles. The number of hydrogen-bond acceptors (Lipinski definition) is 2. The number of aromatic nitrogens is 2. The van der Waals surface area contributed by atoms with Gasteiger partial charge in [-0.3, -0.25) is 0 Å². The summed E-state index contributed by atoms with van der Waals surface area (Å²) >= 11 is 5.96. The summed E-state index contributed by atoms with van der Waals surface area (Å²) in [6.45, 7) is 0.209. The highest BCUT2D eigenvalue weighted by Crippen LogP contribution is 2.21. The lowest BCUT2D eigenvalue weighted by Crippen LogP contribution is -2.24. The molecule has 1 aromatic heterocycles. The number of fused-ring (bicyclic) bond motifs is 1. The van der Waals surface area contributed by atoms with Gasteiger partial charge in [0, 0.05) is 7.05 Å². The van der Waals surface area contributed by atoms with Gasteiger partial charge in [0.1, 0.15) is 11.3 Å². The molecule has 0 spiro atoms. The van der Waals surface area contributed by atoms with E-state index < -0.39 is 6.09 Å². The molecule has 16 heavy (non-hydrogen) atoms. The van der Waals surface area contributed by atoms with Crippen LogP contribution >= 0.6 is 11.6 Å². The first-order valence-corrected chi connectivity index (χ1v) is 5.03. The molecule has 2 rings (SSSR count). The quantitative estimate of drug-likeness (QED) is 0.845. The van der Waals surface area contributed by atoms with Gasteiger partial charge in [-0.1, -0.05) is 17.7 Å². The predicted octanol–water partition coefficient (Wildman–Crippen LogP) is 2.33. The van der Waals surface area contributed by atoms with Crippen LogP contribution in [0.3, 0.4) is 0 Å². The number of hydrogen-bond donors (Lipinski definition) is 2. The SMILES string of the molecule is CN(Cc1nc2c(Cl)cccc2[nH]1)C(=O)O. The van der Waals surface area contributed by atoms with E-state index in [2.05, 4.69) is 9.97 Å². The van der Waals surface area contributed by atoms with Crippen LogP contribution in [0.15, 0.2) is 18.2 Å². The first kappa shape index (κ1) is 10.8. The third kappa shape index (κ3) is 1.94. The van der Waals surface area contributed by atoms with E-state index in [9.17, 15) is 4.79 Å². The van der Waals surface area contributed by atoms with Crippen LogP contribution in [0.5, 0.6) is 0 Å². The van der Waals surface area contributed by atoms with Crippen molar-refractivity contribution in [3.05, 3.63) is 29.0 Å². The summed E-state index contributed by atoms with van der Waals surface area (Å²) in [5.74, 6) is 0.577. The topological polar surface area (TPSA) is 69.2 Å². The van der Waals surface area contributed by atoms with Crippen LogP contribution in [-0.2, 0) is 6.54 Å². The number of rotatable bonds is 2. The molecule has 0 atom stereocenters. The van der Waals surface area contributed by atoms with E-state index in [1.165, 1.54) is 7.05 Å². The predicted molar refractivity (Wildman–Crippen MR) is 60.6 cm³/mol. The fourth-order valence-corrected chi connectivity index (χ4v) is 1.63. The molecule has 1 heterocycles. The number of aromatic amines is 1. The second kappa shape index (κ2) is 4.02. The van der Waals surface area contributed by atoms with Crippen molar-refractivity contribution < 1.29 is 9.90 Å². The second-order valence-corrected chi connectivity index (χ2v) is 3.87. The number of amides is 1. The maximum absolute atomic E-state index is 10.6. The summed E-state index contributed by atoms with van der Waals surface area (Å²) in [6, 6.07) is 5.40. The maximum atomic E-state index is 10.6. The highest BCUT2D eigenvalue weighted by molar-refractivity contribution is 6.34. The zero-order chi connectivity index (χ0) is 11.7. The Kier molecular flexibility index (Phi) is 2.70. The lowest BCUT2D eigenvalue weighted by Gasteiger charge is -2.09. The lowest BCUT2D eigenvalue weighted by atomic mass is 10.3. The average molecular weight is 240 g/mol. The maximum Gasteiger partial charge on any atom is 0.407 e. The van der Waals surface area contributed by atoms with Gasteiger partial charge in [-0.2, -0.15) is 0 Å². The summed E-state index contributed by atoms with van der Waals surface area (Å²) in [4.78, 5) is 19.1. The molecule has 0 radical (unpaired) electrons. The third-order valence-corrected chi connectivity index (χ3v) is 2.53. The molecule has 0 fully saturated rings. The van der Waals surface area contributed by atoms with Crippen LogP contribution in [0.1, 0.15) is 5.82 Å². The Morgan fingerprint density at radius 1 is 1.62 bits per heavy atom. The number of nitrogens with zero attached hydrogens (tertiary/aromatic N) is 2. The Morgan fingerprint density at radius 3 is 3.00 bits per heavy atom. The van der Waals surface area contributed by atoms with Gasteiger partial charge in [-0.05, 0) is 12.1 Å². The van der Waals surface area contributed by atoms with E-state index in [0.29, 0.717) is 16.4 Å². The van der Waals surface area contributed by atoms with Crippen molar-refractivity contribution in [2.75, 3.05) is 7.05 Å². The van der Waals surface area contributed by atoms with Gasteiger partial charge >= 0.3 is 6.09 Å². The Labute approximate surface area is 96.7 Å². The van der Waals surface area contributed by atoms with Crippen LogP contribution < -0.4 is 0 Å². The van der Waals surface area contributed by atoms with Crippen molar-refractivity contribution in [3.63, 3.8) is 0 Å². The smallest absolute Gasteiger partial charge is 0.407 e. The van der Waals surface area contributed by atoms with E-state index in [0.717, 1.165) is 10.4 Å². The molecular formula is C10H10ClN3O2. The number of para-hydroxylation sites is 1. The minimum absolute atomic E-state index is 0.209. The third-order valence-electron chi connectivity index (χ3n) is 2.23. The summed E-state index contributed by atoms with van der Waals surface area (Å²) in [6.07, 6.45) is -0.994. The summed E-state index contributed by atoms with van der Waals surface area (Å²) in [5.41, 5.74) is 1.47. The van der Waals surface area contributed by atoms with E-state index in [-0.39, 0.29) is 6.54 Å². The molecule has 0 aliphatic carbocycles. The van der Waals surface area contributed by atoms with Crippen LogP contribution in [0.2, 0.25) is 5.02 Å². The first-order chi connectivity index (χ1) is 7.58. The summed E-state index contributed by atoms with van der Waals surface area (Å²) < 4.78 is 0. The van der Waals surface area contributed by atoms with Crippen LogP contribution in [0.25, 0.3) is 11.0 Å². The lowest BCUT2D eigenvalue weighted by molar-refractivity contribution is 0.153. The van der Waals surface area contributed by atoms with Gasteiger partial charge in [0.25, 0.3) is 0 Å². The van der Waals surface area contributed by atoms with Gasteiger partial charge in [-0.15, -0.1) is 0 Å². The Morgan fingerprint density at radius 2 is 2.38 bits per heavy atom. The van der Waals surface area contributed by atoms with Gasteiger partial charge < -0.3 is 15.0 Å². The van der Waals surface area contributed by atoms with Crippen molar-refractivity contribution in [1.29, 1.82) is 0 Å². The highest BCUT2D eigenvalue weighted by atomic mass is 35.5. The number of carbonyl (C=O) groups is 1. The normalized spacial score (nSPS) is 10.6. The van der Waals surface area contributed by atoms with Crippen LogP contribution in [0.4, 0.5) is 4.79 Å². The number of nitrogens with one attached hydrogen (secondary N) is 1. The van der Waals surface area contributed by atoms with Gasteiger partial charge in [0.2, 0.25) is 0 Å². The molecule has 1 aromatic carbocycles. The van der Waals surface area contributed by atoms with Crippen molar-refractivity contribution in [3.8, 4) is 0 Å². The number of halogens is 1. The van der Waals surface area contributed by atoms with E-state index in [1.807, 2.05) is 12.1 Å². The van der Waals surface area contributed by atoms with Gasteiger partial charge in [0.15, 0.2) is 0 Å². The van der Waals surface area contributed by atoms with Crippen molar-refractivity contribution in [1.82, 2.24) is 14.9 Å². The molecule has 2 N–H and O–H groups in total. The molecule has 84 valence electrons. The Hall–Kier alpha value is -1.75. The van der Waals surface area contributed by atoms with Gasteiger partial charge in [-0.25, -0.2) is 9.78 Å². The molecule has 0 saturated carbocycles. The Balaban J connectivity index is 2.33. The number of benzene rings is 1. The molecule has 5 nitrogen and oxygen atoms in total. The zero-order valence-corrected chi connectivity index (χ0v) is 9.32. The van der Waals surface area contributed by atoms with E-state index in [4.69, 9.17) is 16.7 Å².